The molecular weight excluding hydrogens is 190 g/mol. The van der Waals surface area contributed by atoms with Crippen LogP contribution in [0, 0.1) is 0 Å². The van der Waals surface area contributed by atoms with E-state index in [2.05, 4.69) is 5.32 Å². The lowest BCUT2D eigenvalue weighted by Crippen LogP contribution is -2.10. The molecule has 0 unspecified atom stereocenters. The fourth-order valence-corrected chi connectivity index (χ4v) is 2.09. The number of anilines is 1. The van der Waals surface area contributed by atoms with E-state index >= 15 is 0 Å². The van der Waals surface area contributed by atoms with Crippen LogP contribution in [0.5, 0.6) is 0 Å². The molecule has 78 valence electrons. The fourth-order valence-electron chi connectivity index (χ4n) is 2.09. The molecule has 3 nitrogen and oxygen atoms in total. The van der Waals surface area contributed by atoms with Crippen molar-refractivity contribution in [1.82, 2.24) is 0 Å². The molecule has 1 aliphatic heterocycles. The van der Waals surface area contributed by atoms with Crippen molar-refractivity contribution in [3.8, 4) is 0 Å². The van der Waals surface area contributed by atoms with Gasteiger partial charge < -0.3 is 10.4 Å². The van der Waals surface area contributed by atoms with Gasteiger partial charge in [-0.3, -0.25) is 4.79 Å². The zero-order valence-electron chi connectivity index (χ0n) is 8.42. The average molecular weight is 203 g/mol. The Morgan fingerprint density at radius 1 is 1.40 bits per heavy atom. The first-order valence-electron chi connectivity index (χ1n) is 5.29. The summed E-state index contributed by atoms with van der Waals surface area (Å²) >= 11 is 0. The summed E-state index contributed by atoms with van der Waals surface area (Å²) in [6.45, 7) is 0. The first kappa shape index (κ1) is 8.92. The van der Waals surface area contributed by atoms with Crippen molar-refractivity contribution >= 4 is 11.6 Å². The molecule has 0 radical (unpaired) electrons. The zero-order valence-corrected chi connectivity index (χ0v) is 8.42. The van der Waals surface area contributed by atoms with Gasteiger partial charge >= 0.3 is 0 Å². The number of benzene rings is 1. The smallest absolute Gasteiger partial charge is 0.228 e. The van der Waals surface area contributed by atoms with Crippen LogP contribution in [0.3, 0.4) is 0 Å². The molecule has 1 aliphatic carbocycles. The Labute approximate surface area is 88.1 Å². The second-order valence-electron chi connectivity index (χ2n) is 4.62. The summed E-state index contributed by atoms with van der Waals surface area (Å²) in [7, 11) is 0. The Kier molecular flexibility index (Phi) is 1.68. The number of hydrogen-bond donors (Lipinski definition) is 2. The van der Waals surface area contributed by atoms with E-state index in [1.807, 2.05) is 18.2 Å². The van der Waals surface area contributed by atoms with Gasteiger partial charge in [-0.1, -0.05) is 12.1 Å². The van der Waals surface area contributed by atoms with Gasteiger partial charge in [0.1, 0.15) is 0 Å². The van der Waals surface area contributed by atoms with Crippen LogP contribution in [0.15, 0.2) is 18.2 Å². The molecule has 1 fully saturated rings. The minimum absolute atomic E-state index is 0.0623. The molecule has 0 bridgehead atoms. The van der Waals surface area contributed by atoms with Gasteiger partial charge in [0.2, 0.25) is 5.91 Å². The van der Waals surface area contributed by atoms with Crippen LogP contribution in [0.2, 0.25) is 0 Å². The lowest BCUT2D eigenvalue weighted by atomic mass is 10.0. The maximum atomic E-state index is 11.1. The first-order valence-corrected chi connectivity index (χ1v) is 5.29. The Bertz CT molecular complexity index is 435. The van der Waals surface area contributed by atoms with Gasteiger partial charge in [-0.05, 0) is 30.0 Å². The van der Waals surface area contributed by atoms with Crippen LogP contribution in [-0.4, -0.2) is 16.6 Å². The molecule has 3 heteroatoms. The summed E-state index contributed by atoms with van der Waals surface area (Å²) in [6, 6.07) is 5.95. The molecule has 0 atom stereocenters. The van der Waals surface area contributed by atoms with Gasteiger partial charge in [-0.15, -0.1) is 0 Å². The summed E-state index contributed by atoms with van der Waals surface area (Å²) in [5.41, 5.74) is 2.66. The largest absolute Gasteiger partial charge is 0.390 e. The molecule has 2 N–H and O–H groups in total. The van der Waals surface area contributed by atoms with Crippen LogP contribution in [-0.2, 0) is 17.6 Å². The Morgan fingerprint density at radius 2 is 2.20 bits per heavy atom. The number of amides is 1. The maximum Gasteiger partial charge on any atom is 0.228 e. The lowest BCUT2D eigenvalue weighted by Gasteiger charge is -2.08. The van der Waals surface area contributed by atoms with Gasteiger partial charge in [0.15, 0.2) is 0 Å². The molecule has 15 heavy (non-hydrogen) atoms. The second kappa shape index (κ2) is 2.83. The van der Waals surface area contributed by atoms with Crippen molar-refractivity contribution in [3.05, 3.63) is 29.3 Å². The summed E-state index contributed by atoms with van der Waals surface area (Å²) in [5.74, 6) is 0.0623. The molecule has 0 saturated heterocycles. The molecule has 0 aromatic heterocycles. The third kappa shape index (κ3) is 1.63. The molecule has 1 heterocycles. The summed E-state index contributed by atoms with van der Waals surface area (Å²) in [4.78, 5) is 11.1. The van der Waals surface area contributed by atoms with Crippen LogP contribution in [0.1, 0.15) is 24.0 Å². The Morgan fingerprint density at radius 3 is 2.93 bits per heavy atom. The van der Waals surface area contributed by atoms with E-state index in [0.717, 1.165) is 29.7 Å². The predicted molar refractivity (Wildman–Crippen MR) is 56.7 cm³/mol. The van der Waals surface area contributed by atoms with E-state index in [4.69, 9.17) is 0 Å². The molecular formula is C12H13NO2. The summed E-state index contributed by atoms with van der Waals surface area (Å²) < 4.78 is 0. The van der Waals surface area contributed by atoms with Gasteiger partial charge in [-0.2, -0.15) is 0 Å². The van der Waals surface area contributed by atoms with E-state index in [0.29, 0.717) is 12.8 Å². The van der Waals surface area contributed by atoms with Crippen molar-refractivity contribution in [2.75, 3.05) is 5.32 Å². The minimum Gasteiger partial charge on any atom is -0.390 e. The van der Waals surface area contributed by atoms with Crippen molar-refractivity contribution in [3.63, 3.8) is 0 Å². The molecule has 1 aromatic carbocycles. The van der Waals surface area contributed by atoms with Gasteiger partial charge in [0, 0.05) is 12.1 Å². The summed E-state index contributed by atoms with van der Waals surface area (Å²) in [6.07, 6.45) is 3.00. The Hall–Kier alpha value is -1.35. The molecule has 3 rings (SSSR count). The van der Waals surface area contributed by atoms with Crippen LogP contribution < -0.4 is 5.32 Å². The monoisotopic (exact) mass is 203 g/mol. The van der Waals surface area contributed by atoms with E-state index in [-0.39, 0.29) is 5.91 Å². The minimum atomic E-state index is -0.454. The van der Waals surface area contributed by atoms with Gasteiger partial charge in [0.25, 0.3) is 0 Å². The van der Waals surface area contributed by atoms with Crippen molar-refractivity contribution in [1.29, 1.82) is 0 Å². The quantitative estimate of drug-likeness (QED) is 0.760. The van der Waals surface area contributed by atoms with Crippen molar-refractivity contribution < 1.29 is 9.90 Å². The van der Waals surface area contributed by atoms with Crippen LogP contribution in [0.4, 0.5) is 5.69 Å². The number of aliphatic hydroxyl groups is 1. The molecule has 1 aromatic rings. The number of rotatable bonds is 2. The Balaban J connectivity index is 1.86. The van der Waals surface area contributed by atoms with E-state index in [9.17, 15) is 9.90 Å². The topological polar surface area (TPSA) is 49.3 Å². The molecule has 1 saturated carbocycles. The predicted octanol–water partition coefficient (Wildman–Crippen LogP) is 1.25. The van der Waals surface area contributed by atoms with Crippen LogP contribution in [0.25, 0.3) is 0 Å². The fraction of sp³-hybridized carbons (Fsp3) is 0.417. The third-order valence-electron chi connectivity index (χ3n) is 3.16. The van der Waals surface area contributed by atoms with Gasteiger partial charge in [-0.25, -0.2) is 0 Å². The highest BCUT2D eigenvalue weighted by Gasteiger charge is 2.40. The van der Waals surface area contributed by atoms with Gasteiger partial charge in [0.05, 0.1) is 12.0 Å². The molecule has 0 spiro atoms. The zero-order chi connectivity index (χ0) is 10.5. The second-order valence-corrected chi connectivity index (χ2v) is 4.62. The average Bonchev–Trinajstić information content (AvgIpc) is 2.76. The maximum absolute atomic E-state index is 11.1. The number of hydrogen-bond acceptors (Lipinski definition) is 2. The number of fused-ring (bicyclic) bond motifs is 1. The van der Waals surface area contributed by atoms with Crippen molar-refractivity contribution in [2.45, 2.75) is 31.3 Å². The molecule has 1 amide bonds. The highest BCUT2D eigenvalue weighted by Crippen LogP contribution is 2.38. The first-order chi connectivity index (χ1) is 7.15. The summed E-state index contributed by atoms with van der Waals surface area (Å²) in [5, 5.41) is 12.6. The van der Waals surface area contributed by atoms with Crippen LogP contribution >= 0.6 is 0 Å². The molecule has 2 aliphatic rings. The van der Waals surface area contributed by atoms with E-state index < -0.39 is 5.60 Å². The number of carbonyl (C=O) groups is 1. The highest BCUT2D eigenvalue weighted by molar-refractivity contribution is 5.99. The normalized spacial score (nSPS) is 21.0. The van der Waals surface area contributed by atoms with Crippen molar-refractivity contribution in [2.24, 2.45) is 0 Å². The lowest BCUT2D eigenvalue weighted by molar-refractivity contribution is -0.115. The SMILES string of the molecule is O=C1Cc2cc(CC3(O)CC3)ccc2N1. The highest BCUT2D eigenvalue weighted by atomic mass is 16.3. The number of carbonyl (C=O) groups excluding carboxylic acids is 1. The van der Waals surface area contributed by atoms with E-state index in [1.54, 1.807) is 0 Å². The standard InChI is InChI=1S/C12H13NO2/c14-11-6-9-5-8(1-2-10(9)13-11)7-12(15)3-4-12/h1-2,5,15H,3-4,6-7H2,(H,13,14). The third-order valence-corrected chi connectivity index (χ3v) is 3.16. The van der Waals surface area contributed by atoms with E-state index in [1.165, 1.54) is 0 Å². The number of nitrogens with one attached hydrogen (secondary N) is 1.